The molecule has 2 unspecified atom stereocenters. The summed E-state index contributed by atoms with van der Waals surface area (Å²) in [5.41, 5.74) is 2.11. The Morgan fingerprint density at radius 2 is 1.94 bits per heavy atom. The van der Waals surface area contributed by atoms with E-state index in [1.807, 2.05) is 30.5 Å². The number of rotatable bonds is 4. The number of hydrogen-bond donors (Lipinski definition) is 2. The molecule has 1 amide bonds. The van der Waals surface area contributed by atoms with E-state index in [1.165, 1.54) is 28.4 Å². The molecule has 3 aromatic rings. The van der Waals surface area contributed by atoms with Crippen LogP contribution in [0.5, 0.6) is 11.5 Å². The number of nitrogens with zero attached hydrogens (tertiary/aromatic N) is 1. The van der Waals surface area contributed by atoms with Crippen LogP contribution in [0.2, 0.25) is 0 Å². The van der Waals surface area contributed by atoms with Crippen molar-refractivity contribution in [3.63, 3.8) is 0 Å². The zero-order valence-corrected chi connectivity index (χ0v) is 18.1. The van der Waals surface area contributed by atoms with E-state index in [1.54, 1.807) is 24.3 Å². The molecule has 2 N–H and O–H groups in total. The number of aliphatic hydroxyl groups is 1. The highest BCUT2D eigenvalue weighted by Gasteiger charge is 2.46. The molecule has 7 heteroatoms. The fourth-order valence-electron chi connectivity index (χ4n) is 4.34. The van der Waals surface area contributed by atoms with Gasteiger partial charge in [0.05, 0.1) is 18.2 Å². The number of carbonyl (C=O) groups is 2. The lowest BCUT2D eigenvalue weighted by atomic mass is 9.94. The van der Waals surface area contributed by atoms with E-state index < -0.39 is 17.7 Å². The van der Waals surface area contributed by atoms with Crippen LogP contribution in [0, 0.1) is 0 Å². The Labute approximate surface area is 189 Å². The highest BCUT2D eigenvalue weighted by Crippen LogP contribution is 2.41. The lowest BCUT2D eigenvalue weighted by Crippen LogP contribution is -2.28. The number of hydrogen-bond acceptors (Lipinski definition) is 6. The fourth-order valence-corrected chi connectivity index (χ4v) is 5.04. The van der Waals surface area contributed by atoms with Gasteiger partial charge in [-0.2, -0.15) is 0 Å². The van der Waals surface area contributed by atoms with Crippen molar-refractivity contribution in [2.45, 2.75) is 32.0 Å². The first-order valence-corrected chi connectivity index (χ1v) is 11.2. The summed E-state index contributed by atoms with van der Waals surface area (Å²) in [6, 6.07) is 14.7. The Hall–Kier alpha value is -3.58. The molecule has 0 radical (unpaired) electrons. The van der Waals surface area contributed by atoms with Gasteiger partial charge in [0.15, 0.2) is 0 Å². The lowest BCUT2D eigenvalue weighted by molar-refractivity contribution is -0.140. The van der Waals surface area contributed by atoms with E-state index in [0.717, 1.165) is 16.2 Å². The number of carbonyl (C=O) groups excluding carboxylic acids is 2. The van der Waals surface area contributed by atoms with E-state index in [0.29, 0.717) is 17.5 Å². The summed E-state index contributed by atoms with van der Waals surface area (Å²) in [6.07, 6.45) is 0.764. The molecular formula is C25H21NO5S. The maximum Gasteiger partial charge on any atom is 0.295 e. The van der Waals surface area contributed by atoms with Gasteiger partial charge in [0.1, 0.15) is 23.4 Å². The molecule has 1 fully saturated rings. The number of aromatic hydroxyl groups is 1. The SMILES string of the molecule is CC1Cc2cc(/C(O)=C3/C(=O)C(=O)N(Cc4cccs4)C3c3ccc(O)cc3)ccc2O1. The highest BCUT2D eigenvalue weighted by atomic mass is 32.1. The first-order valence-electron chi connectivity index (χ1n) is 10.3. The summed E-state index contributed by atoms with van der Waals surface area (Å²) in [7, 11) is 0. The number of thiophene rings is 1. The summed E-state index contributed by atoms with van der Waals surface area (Å²) < 4.78 is 5.73. The third kappa shape index (κ3) is 3.44. The predicted octanol–water partition coefficient (Wildman–Crippen LogP) is 4.40. The van der Waals surface area contributed by atoms with Crippen LogP contribution in [0.3, 0.4) is 0 Å². The van der Waals surface area contributed by atoms with E-state index >= 15 is 0 Å². The van der Waals surface area contributed by atoms with E-state index in [-0.39, 0.29) is 29.7 Å². The first kappa shape index (κ1) is 20.3. The molecule has 0 bridgehead atoms. The molecule has 6 nitrogen and oxygen atoms in total. The van der Waals surface area contributed by atoms with Crippen molar-refractivity contribution in [3.05, 3.63) is 87.1 Å². The van der Waals surface area contributed by atoms with Crippen molar-refractivity contribution in [3.8, 4) is 11.5 Å². The van der Waals surface area contributed by atoms with Gasteiger partial charge in [0, 0.05) is 16.9 Å². The maximum absolute atomic E-state index is 13.1. The Morgan fingerprint density at radius 1 is 1.16 bits per heavy atom. The average molecular weight is 448 g/mol. The van der Waals surface area contributed by atoms with Crippen LogP contribution in [-0.2, 0) is 22.6 Å². The third-order valence-corrected chi connectivity index (χ3v) is 6.69. The van der Waals surface area contributed by atoms with Crippen LogP contribution < -0.4 is 4.74 Å². The van der Waals surface area contributed by atoms with Gasteiger partial charge in [0.2, 0.25) is 0 Å². The highest BCUT2D eigenvalue weighted by molar-refractivity contribution is 7.09. The Kier molecular flexibility index (Phi) is 4.98. The number of fused-ring (bicyclic) bond motifs is 1. The quantitative estimate of drug-likeness (QED) is 0.352. The van der Waals surface area contributed by atoms with E-state index in [4.69, 9.17) is 4.74 Å². The zero-order valence-electron chi connectivity index (χ0n) is 17.3. The van der Waals surface area contributed by atoms with Crippen molar-refractivity contribution in [2.24, 2.45) is 0 Å². The second-order valence-corrected chi connectivity index (χ2v) is 9.09. The van der Waals surface area contributed by atoms with Crippen molar-refractivity contribution >= 4 is 28.8 Å². The predicted molar refractivity (Wildman–Crippen MR) is 121 cm³/mol. The van der Waals surface area contributed by atoms with E-state index in [2.05, 4.69) is 0 Å². The van der Waals surface area contributed by atoms with Crippen LogP contribution in [0.15, 0.2) is 65.6 Å². The van der Waals surface area contributed by atoms with Gasteiger partial charge in [-0.15, -0.1) is 11.3 Å². The summed E-state index contributed by atoms with van der Waals surface area (Å²) in [5, 5.41) is 22.9. The minimum absolute atomic E-state index is 0.0455. The smallest absolute Gasteiger partial charge is 0.295 e. The number of benzene rings is 2. The number of Topliss-reactive ketones (excluding diaryl/α,β-unsaturated/α-hetero) is 1. The number of ether oxygens (including phenoxy) is 1. The number of phenolic OH excluding ortho intramolecular Hbond substituents is 1. The van der Waals surface area contributed by atoms with Crippen LogP contribution in [0.4, 0.5) is 0 Å². The van der Waals surface area contributed by atoms with Crippen molar-refractivity contribution < 1.29 is 24.5 Å². The summed E-state index contributed by atoms with van der Waals surface area (Å²) in [4.78, 5) is 28.5. The lowest BCUT2D eigenvalue weighted by Gasteiger charge is -2.25. The van der Waals surface area contributed by atoms with Gasteiger partial charge in [0.25, 0.3) is 11.7 Å². The Morgan fingerprint density at radius 3 is 2.66 bits per heavy atom. The average Bonchev–Trinajstić information content (AvgIpc) is 3.48. The molecule has 2 atom stereocenters. The maximum atomic E-state index is 13.1. The van der Waals surface area contributed by atoms with Gasteiger partial charge in [-0.1, -0.05) is 18.2 Å². The molecule has 0 saturated carbocycles. The van der Waals surface area contributed by atoms with Gasteiger partial charge in [-0.25, -0.2) is 0 Å². The summed E-state index contributed by atoms with van der Waals surface area (Å²) in [6.45, 7) is 2.22. The monoisotopic (exact) mass is 447 g/mol. The van der Waals surface area contributed by atoms with Crippen molar-refractivity contribution in [1.82, 2.24) is 4.90 Å². The van der Waals surface area contributed by atoms with Crippen LogP contribution in [0.25, 0.3) is 5.76 Å². The minimum Gasteiger partial charge on any atom is -0.508 e. The molecule has 2 aliphatic heterocycles. The number of likely N-dealkylation sites (tertiary alicyclic amines) is 1. The molecule has 3 heterocycles. The summed E-state index contributed by atoms with van der Waals surface area (Å²) in [5.74, 6) is -0.741. The molecule has 0 spiro atoms. The molecular weight excluding hydrogens is 426 g/mol. The zero-order chi connectivity index (χ0) is 22.4. The molecule has 162 valence electrons. The standard InChI is InChI=1S/C25H21NO5S/c1-14-11-17-12-16(6-9-20(17)31-14)23(28)21-22(15-4-7-18(27)8-5-15)26(25(30)24(21)29)13-19-3-2-10-32-19/h2-10,12,14,22,27-28H,11,13H2,1H3/b23-21-. The Bertz CT molecular complexity index is 1230. The van der Waals surface area contributed by atoms with Crippen LogP contribution in [-0.4, -0.2) is 32.9 Å². The topological polar surface area (TPSA) is 87.1 Å². The number of ketones is 1. The van der Waals surface area contributed by atoms with Gasteiger partial charge >= 0.3 is 0 Å². The second kappa shape index (κ2) is 7.84. The molecule has 2 aliphatic rings. The largest absolute Gasteiger partial charge is 0.508 e. The molecule has 2 aromatic carbocycles. The van der Waals surface area contributed by atoms with E-state index in [9.17, 15) is 19.8 Å². The molecule has 5 rings (SSSR count). The normalized spacial score (nSPS) is 21.6. The van der Waals surface area contributed by atoms with Crippen molar-refractivity contribution in [1.29, 1.82) is 0 Å². The summed E-state index contributed by atoms with van der Waals surface area (Å²) >= 11 is 1.49. The molecule has 1 aromatic heterocycles. The van der Waals surface area contributed by atoms with Crippen LogP contribution >= 0.6 is 11.3 Å². The molecule has 32 heavy (non-hydrogen) atoms. The molecule has 1 saturated heterocycles. The second-order valence-electron chi connectivity index (χ2n) is 8.05. The first-order chi connectivity index (χ1) is 15.4. The third-order valence-electron chi connectivity index (χ3n) is 5.82. The van der Waals surface area contributed by atoms with Crippen molar-refractivity contribution in [2.75, 3.05) is 0 Å². The minimum atomic E-state index is -0.763. The van der Waals surface area contributed by atoms with Gasteiger partial charge < -0.3 is 19.8 Å². The number of phenols is 1. The van der Waals surface area contributed by atoms with Gasteiger partial charge in [-0.3, -0.25) is 9.59 Å². The van der Waals surface area contributed by atoms with Gasteiger partial charge in [-0.05, 0) is 59.8 Å². The van der Waals surface area contributed by atoms with Crippen LogP contribution in [0.1, 0.15) is 34.5 Å². The molecule has 0 aliphatic carbocycles. The number of amides is 1. The Balaban J connectivity index is 1.63. The number of aliphatic hydroxyl groups excluding tert-OH is 1. The fraction of sp³-hybridized carbons (Fsp3) is 0.200.